The minimum Gasteiger partial charge on any atom is -0.396 e. The zero-order chi connectivity index (χ0) is 19.7. The van der Waals surface area contributed by atoms with Crippen molar-refractivity contribution >= 4 is 5.96 Å². The minimum absolute atomic E-state index is 0.0244. The Labute approximate surface area is 169 Å². The lowest BCUT2D eigenvalue weighted by Gasteiger charge is -2.36. The van der Waals surface area contributed by atoms with E-state index >= 15 is 0 Å². The lowest BCUT2D eigenvalue weighted by atomic mass is 9.84. The number of nitrogens with zero attached hydrogens (tertiary/aromatic N) is 2. The van der Waals surface area contributed by atoms with Gasteiger partial charge in [0.2, 0.25) is 0 Å². The Hall–Kier alpha value is -1.63. The zero-order valence-corrected chi connectivity index (χ0v) is 17.2. The van der Waals surface area contributed by atoms with Gasteiger partial charge in [-0.1, -0.05) is 36.8 Å². The number of aliphatic hydroxyl groups excluding tert-OH is 1. The second-order valence-corrected chi connectivity index (χ2v) is 8.19. The summed E-state index contributed by atoms with van der Waals surface area (Å²) in [4.78, 5) is 7.00. The van der Waals surface area contributed by atoms with Crippen molar-refractivity contribution in [2.45, 2.75) is 44.7 Å². The number of nitrogens with one attached hydrogen (secondary N) is 2. The number of hydrogen-bond donors (Lipinski definition) is 3. The fourth-order valence-corrected chi connectivity index (χ4v) is 4.34. The Morgan fingerprint density at radius 3 is 2.86 bits per heavy atom. The third-order valence-corrected chi connectivity index (χ3v) is 6.16. The van der Waals surface area contributed by atoms with Gasteiger partial charge in [0.15, 0.2) is 5.96 Å². The van der Waals surface area contributed by atoms with Gasteiger partial charge in [-0.05, 0) is 37.8 Å². The topological polar surface area (TPSA) is 69.1 Å². The fraction of sp³-hybridized carbons (Fsp3) is 0.682. The number of aliphatic imine (C=N–C) groups is 1. The maximum atomic E-state index is 9.40. The van der Waals surface area contributed by atoms with Crippen LogP contribution >= 0.6 is 0 Å². The van der Waals surface area contributed by atoms with Crippen LogP contribution in [0.4, 0.5) is 0 Å². The molecule has 156 valence electrons. The van der Waals surface area contributed by atoms with Crippen LogP contribution in [0.5, 0.6) is 0 Å². The summed E-state index contributed by atoms with van der Waals surface area (Å²) in [5.41, 5.74) is 1.40. The predicted molar refractivity (Wildman–Crippen MR) is 113 cm³/mol. The van der Waals surface area contributed by atoms with Crippen LogP contribution in [0.15, 0.2) is 35.3 Å². The molecule has 2 fully saturated rings. The second-order valence-electron chi connectivity index (χ2n) is 8.19. The maximum Gasteiger partial charge on any atom is 0.191 e. The quantitative estimate of drug-likeness (QED) is 0.469. The molecule has 6 nitrogen and oxygen atoms in total. The highest BCUT2D eigenvalue weighted by molar-refractivity contribution is 5.79. The largest absolute Gasteiger partial charge is 0.396 e. The number of likely N-dealkylation sites (tertiary alicyclic amines) is 1. The molecule has 0 spiro atoms. The van der Waals surface area contributed by atoms with Gasteiger partial charge in [0.1, 0.15) is 0 Å². The first-order valence-corrected chi connectivity index (χ1v) is 10.7. The summed E-state index contributed by atoms with van der Waals surface area (Å²) in [7, 11) is 1.82. The number of aliphatic hydroxyl groups is 1. The molecule has 2 saturated heterocycles. The second kappa shape index (κ2) is 10.8. The van der Waals surface area contributed by atoms with Crippen LogP contribution in [0.25, 0.3) is 0 Å². The van der Waals surface area contributed by atoms with E-state index in [0.29, 0.717) is 12.6 Å². The van der Waals surface area contributed by atoms with Crippen LogP contribution in [0, 0.1) is 5.41 Å². The third kappa shape index (κ3) is 5.93. The molecule has 1 aromatic carbocycles. The molecule has 6 heteroatoms. The Kier molecular flexibility index (Phi) is 8.13. The molecule has 0 radical (unpaired) electrons. The number of hydrogen-bond acceptors (Lipinski definition) is 4. The Morgan fingerprint density at radius 2 is 2.14 bits per heavy atom. The van der Waals surface area contributed by atoms with Crippen LogP contribution in [0.1, 0.15) is 37.7 Å². The average molecular weight is 389 g/mol. The first kappa shape index (κ1) is 21.1. The van der Waals surface area contributed by atoms with Gasteiger partial charge in [-0.25, -0.2) is 0 Å². The summed E-state index contributed by atoms with van der Waals surface area (Å²) in [5, 5.41) is 16.4. The Bertz CT molecular complexity index is 602. The van der Waals surface area contributed by atoms with E-state index in [2.05, 4.69) is 50.9 Å². The van der Waals surface area contributed by atoms with Gasteiger partial charge in [-0.3, -0.25) is 9.89 Å². The molecule has 0 aromatic heterocycles. The van der Waals surface area contributed by atoms with Crippen molar-refractivity contribution in [2.24, 2.45) is 10.4 Å². The van der Waals surface area contributed by atoms with Gasteiger partial charge < -0.3 is 20.5 Å². The summed E-state index contributed by atoms with van der Waals surface area (Å²) in [5.74, 6) is 0.842. The smallest absolute Gasteiger partial charge is 0.191 e. The average Bonchev–Trinajstić information content (AvgIpc) is 3.19. The van der Waals surface area contributed by atoms with Crippen molar-refractivity contribution in [1.29, 1.82) is 0 Å². The normalized spacial score (nSPS) is 26.4. The molecule has 2 aliphatic rings. The van der Waals surface area contributed by atoms with Crippen molar-refractivity contribution in [3.63, 3.8) is 0 Å². The molecular formula is C22H36N4O2. The molecule has 28 heavy (non-hydrogen) atoms. The van der Waals surface area contributed by atoms with Gasteiger partial charge in [0, 0.05) is 51.4 Å². The molecule has 0 bridgehead atoms. The fourth-order valence-electron chi connectivity index (χ4n) is 4.34. The van der Waals surface area contributed by atoms with E-state index in [1.54, 1.807) is 0 Å². The lowest BCUT2D eigenvalue weighted by molar-refractivity contribution is 0.127. The SMILES string of the molecule is CN=C(NCC1CCCCN1Cc1ccccc1)NCC1(CCO)CCOC1. The van der Waals surface area contributed by atoms with Gasteiger partial charge in [0.05, 0.1) is 6.61 Å². The molecule has 1 aromatic rings. The van der Waals surface area contributed by atoms with Gasteiger partial charge in [0.25, 0.3) is 0 Å². The summed E-state index contributed by atoms with van der Waals surface area (Å²) in [6.45, 7) is 5.55. The highest BCUT2D eigenvalue weighted by Gasteiger charge is 2.34. The molecule has 0 aliphatic carbocycles. The molecule has 3 rings (SSSR count). The number of guanidine groups is 1. The molecule has 2 atom stereocenters. The molecule has 2 heterocycles. The molecular weight excluding hydrogens is 352 g/mol. The van der Waals surface area contributed by atoms with Crippen molar-refractivity contribution in [2.75, 3.05) is 46.5 Å². The number of benzene rings is 1. The third-order valence-electron chi connectivity index (χ3n) is 6.16. The van der Waals surface area contributed by atoms with Gasteiger partial charge in [-0.15, -0.1) is 0 Å². The summed E-state index contributed by atoms with van der Waals surface area (Å²) < 4.78 is 5.59. The van der Waals surface area contributed by atoms with Gasteiger partial charge >= 0.3 is 0 Å². The highest BCUT2D eigenvalue weighted by atomic mass is 16.5. The summed E-state index contributed by atoms with van der Waals surface area (Å²) in [6, 6.07) is 11.3. The van der Waals surface area contributed by atoms with E-state index < -0.39 is 0 Å². The van der Waals surface area contributed by atoms with Crippen LogP contribution in [-0.4, -0.2) is 68.5 Å². The number of ether oxygens (including phenoxy) is 1. The summed E-state index contributed by atoms with van der Waals surface area (Å²) in [6.07, 6.45) is 5.55. The van der Waals surface area contributed by atoms with E-state index in [4.69, 9.17) is 4.74 Å². The van der Waals surface area contributed by atoms with Crippen molar-refractivity contribution in [3.05, 3.63) is 35.9 Å². The van der Waals surface area contributed by atoms with E-state index in [1.165, 1.54) is 24.8 Å². The Morgan fingerprint density at radius 1 is 1.29 bits per heavy atom. The molecule has 2 unspecified atom stereocenters. The highest BCUT2D eigenvalue weighted by Crippen LogP contribution is 2.31. The first-order chi connectivity index (χ1) is 13.7. The Balaban J connectivity index is 1.50. The zero-order valence-electron chi connectivity index (χ0n) is 17.2. The monoisotopic (exact) mass is 388 g/mol. The van der Waals surface area contributed by atoms with Crippen LogP contribution < -0.4 is 10.6 Å². The van der Waals surface area contributed by atoms with E-state index in [0.717, 1.165) is 51.6 Å². The minimum atomic E-state index is 0.0244. The predicted octanol–water partition coefficient (Wildman–Crippen LogP) is 2.00. The van der Waals surface area contributed by atoms with E-state index in [1.807, 2.05) is 7.05 Å². The molecule has 0 amide bonds. The van der Waals surface area contributed by atoms with Crippen molar-refractivity contribution in [1.82, 2.24) is 15.5 Å². The van der Waals surface area contributed by atoms with Crippen molar-refractivity contribution in [3.8, 4) is 0 Å². The van der Waals surface area contributed by atoms with E-state index in [9.17, 15) is 5.11 Å². The van der Waals surface area contributed by atoms with Crippen LogP contribution in [0.3, 0.4) is 0 Å². The lowest BCUT2D eigenvalue weighted by Crippen LogP contribution is -2.50. The molecule has 3 N–H and O–H groups in total. The molecule has 2 aliphatic heterocycles. The number of piperidine rings is 1. The number of rotatable bonds is 8. The standard InChI is InChI=1S/C22H36N4O2/c1-23-21(25-17-22(10-13-27)11-14-28-18-22)24-15-20-9-5-6-12-26(20)16-19-7-3-2-4-8-19/h2-4,7-8,20,27H,5-6,9-18H2,1H3,(H2,23,24,25). The van der Waals surface area contributed by atoms with Gasteiger partial charge in [-0.2, -0.15) is 0 Å². The summed E-state index contributed by atoms with van der Waals surface area (Å²) >= 11 is 0. The van der Waals surface area contributed by atoms with E-state index in [-0.39, 0.29) is 12.0 Å². The maximum absolute atomic E-state index is 9.40. The molecule has 0 saturated carbocycles. The van der Waals surface area contributed by atoms with Crippen LogP contribution in [0.2, 0.25) is 0 Å². The van der Waals surface area contributed by atoms with Crippen molar-refractivity contribution < 1.29 is 9.84 Å². The first-order valence-electron chi connectivity index (χ1n) is 10.7. The van der Waals surface area contributed by atoms with Crippen LogP contribution in [-0.2, 0) is 11.3 Å².